The minimum atomic E-state index is -0.987. The number of ether oxygens (including phenoxy) is 1. The number of pyridine rings is 1. The number of hydrogen-bond donors (Lipinski definition) is 2. The minimum absolute atomic E-state index is 0.298. The lowest BCUT2D eigenvalue weighted by molar-refractivity contribution is -0.131. The third-order valence-corrected chi connectivity index (χ3v) is 4.40. The maximum atomic E-state index is 12.6. The molecule has 0 bridgehead atoms. The molecule has 2 N–H and O–H groups in total. The highest BCUT2D eigenvalue weighted by Gasteiger charge is 2.12. The van der Waals surface area contributed by atoms with Crippen LogP contribution in [0, 0.1) is 0 Å². The summed E-state index contributed by atoms with van der Waals surface area (Å²) in [4.78, 5) is 28.8. The first-order valence-corrected chi connectivity index (χ1v) is 9.12. The number of methoxy groups -OCH3 is 1. The van der Waals surface area contributed by atoms with Gasteiger partial charge < -0.3 is 15.2 Å². The molecule has 3 aromatic rings. The molecule has 0 aliphatic carbocycles. The van der Waals surface area contributed by atoms with Crippen LogP contribution < -0.4 is 15.0 Å². The van der Waals surface area contributed by atoms with Crippen molar-refractivity contribution in [2.75, 3.05) is 24.4 Å². The molecule has 0 aliphatic rings. The fourth-order valence-corrected chi connectivity index (χ4v) is 2.75. The predicted octanol–water partition coefficient (Wildman–Crippen LogP) is 4.52. The molecule has 7 nitrogen and oxygen atoms in total. The van der Waals surface area contributed by atoms with Crippen molar-refractivity contribution >= 4 is 29.5 Å². The first-order valence-electron chi connectivity index (χ1n) is 9.12. The molecule has 0 atom stereocenters. The zero-order valence-corrected chi connectivity index (χ0v) is 16.6. The molecule has 152 valence electrons. The van der Waals surface area contributed by atoms with Gasteiger partial charge in [-0.15, -0.1) is 0 Å². The molecule has 0 spiro atoms. The van der Waals surface area contributed by atoms with Crippen LogP contribution in [0.1, 0.15) is 5.56 Å². The second kappa shape index (κ2) is 9.38. The molecule has 1 aromatic heterocycles. The number of rotatable bonds is 6. The van der Waals surface area contributed by atoms with E-state index in [1.165, 1.54) is 24.3 Å². The largest absolute Gasteiger partial charge is 0.481 e. The van der Waals surface area contributed by atoms with E-state index in [0.29, 0.717) is 11.6 Å². The number of carboxylic acids is 1. The normalized spacial score (nSPS) is 10.6. The van der Waals surface area contributed by atoms with Crippen LogP contribution in [0.3, 0.4) is 0 Å². The Balaban J connectivity index is 1.73. The summed E-state index contributed by atoms with van der Waals surface area (Å²) >= 11 is 0. The van der Waals surface area contributed by atoms with Crippen LogP contribution in [-0.2, 0) is 4.79 Å². The van der Waals surface area contributed by atoms with Crippen molar-refractivity contribution in [1.82, 2.24) is 4.98 Å². The van der Waals surface area contributed by atoms with E-state index in [1.807, 2.05) is 48.5 Å². The fourth-order valence-electron chi connectivity index (χ4n) is 2.75. The molecule has 0 saturated heterocycles. The molecular formula is C23H21N3O4. The van der Waals surface area contributed by atoms with Crippen molar-refractivity contribution in [3.05, 3.63) is 78.5 Å². The minimum Gasteiger partial charge on any atom is -0.481 e. The van der Waals surface area contributed by atoms with E-state index >= 15 is 0 Å². The Hall–Kier alpha value is -4.13. The second-order valence-electron chi connectivity index (χ2n) is 6.42. The van der Waals surface area contributed by atoms with Crippen LogP contribution in [-0.4, -0.2) is 36.2 Å². The highest BCUT2D eigenvalue weighted by atomic mass is 16.5. The summed E-state index contributed by atoms with van der Waals surface area (Å²) < 4.78 is 5.01. The Bertz CT molecular complexity index is 1060. The van der Waals surface area contributed by atoms with Gasteiger partial charge in [-0.3, -0.25) is 4.90 Å². The molecule has 3 rings (SSSR count). The number of benzene rings is 2. The van der Waals surface area contributed by atoms with Gasteiger partial charge in [0.15, 0.2) is 0 Å². The quantitative estimate of drug-likeness (QED) is 0.590. The number of carbonyl (C=O) groups is 2. The standard InChI is InChI=1S/C23H21N3O4/c1-26(23(29)25-19-11-12-21(30-2)24-15-19)20-5-3-4-18(14-20)17-9-6-16(7-10-17)8-13-22(27)28/h3-15H,1-2H3,(H,25,29)(H,27,28)/b13-8+. The molecule has 0 fully saturated rings. The van der Waals surface area contributed by atoms with E-state index in [-0.39, 0.29) is 6.03 Å². The SMILES string of the molecule is COc1ccc(NC(=O)N(C)c2cccc(-c3ccc(/C=C/C(=O)O)cc3)c2)cn1. The summed E-state index contributed by atoms with van der Waals surface area (Å²) in [5, 5.41) is 11.5. The van der Waals surface area contributed by atoms with Crippen LogP contribution in [0.15, 0.2) is 72.9 Å². The summed E-state index contributed by atoms with van der Waals surface area (Å²) in [6.07, 6.45) is 4.16. The van der Waals surface area contributed by atoms with Gasteiger partial charge in [-0.2, -0.15) is 0 Å². The van der Waals surface area contributed by atoms with Crippen LogP contribution in [0.4, 0.5) is 16.2 Å². The third kappa shape index (κ3) is 5.23. The van der Waals surface area contributed by atoms with Gasteiger partial charge in [0.05, 0.1) is 19.0 Å². The molecule has 1 heterocycles. The molecule has 0 aliphatic heterocycles. The Morgan fingerprint density at radius 1 is 1.07 bits per heavy atom. The van der Waals surface area contributed by atoms with Crippen molar-refractivity contribution in [3.8, 4) is 17.0 Å². The maximum Gasteiger partial charge on any atom is 0.328 e. The van der Waals surface area contributed by atoms with Gasteiger partial charge in [0.25, 0.3) is 0 Å². The topological polar surface area (TPSA) is 91.8 Å². The smallest absolute Gasteiger partial charge is 0.328 e. The van der Waals surface area contributed by atoms with Crippen molar-refractivity contribution in [2.45, 2.75) is 0 Å². The van der Waals surface area contributed by atoms with Gasteiger partial charge in [-0.05, 0) is 41.0 Å². The Morgan fingerprint density at radius 2 is 1.83 bits per heavy atom. The van der Waals surface area contributed by atoms with Gasteiger partial charge in [0.2, 0.25) is 5.88 Å². The zero-order chi connectivity index (χ0) is 21.5. The van der Waals surface area contributed by atoms with Gasteiger partial charge in [-0.25, -0.2) is 14.6 Å². The molecule has 30 heavy (non-hydrogen) atoms. The lowest BCUT2D eigenvalue weighted by atomic mass is 10.0. The van der Waals surface area contributed by atoms with Crippen LogP contribution in [0.5, 0.6) is 5.88 Å². The number of carbonyl (C=O) groups excluding carboxylic acids is 1. The second-order valence-corrected chi connectivity index (χ2v) is 6.42. The average molecular weight is 403 g/mol. The summed E-state index contributed by atoms with van der Waals surface area (Å²) in [7, 11) is 3.22. The number of carboxylic acid groups (broad SMARTS) is 1. The Labute approximate surface area is 174 Å². The summed E-state index contributed by atoms with van der Waals surface area (Å²) in [5.41, 5.74) is 3.97. The van der Waals surface area contributed by atoms with Crippen molar-refractivity contribution < 1.29 is 19.4 Å². The van der Waals surface area contributed by atoms with E-state index in [0.717, 1.165) is 28.5 Å². The molecule has 7 heteroatoms. The van der Waals surface area contributed by atoms with Crippen LogP contribution >= 0.6 is 0 Å². The first kappa shape index (κ1) is 20.6. The zero-order valence-electron chi connectivity index (χ0n) is 16.6. The van der Waals surface area contributed by atoms with E-state index in [4.69, 9.17) is 9.84 Å². The van der Waals surface area contributed by atoms with Crippen molar-refractivity contribution in [1.29, 1.82) is 0 Å². The Morgan fingerprint density at radius 3 is 2.47 bits per heavy atom. The number of nitrogens with zero attached hydrogens (tertiary/aromatic N) is 2. The van der Waals surface area contributed by atoms with Gasteiger partial charge in [0.1, 0.15) is 0 Å². The van der Waals surface area contributed by atoms with Gasteiger partial charge in [0, 0.05) is 24.9 Å². The lowest BCUT2D eigenvalue weighted by Crippen LogP contribution is -2.31. The van der Waals surface area contributed by atoms with Crippen LogP contribution in [0.2, 0.25) is 0 Å². The van der Waals surface area contributed by atoms with Crippen LogP contribution in [0.25, 0.3) is 17.2 Å². The molecule has 2 amide bonds. The summed E-state index contributed by atoms with van der Waals surface area (Å²) in [6, 6.07) is 18.2. The predicted molar refractivity (Wildman–Crippen MR) is 117 cm³/mol. The van der Waals surface area contributed by atoms with E-state index in [9.17, 15) is 9.59 Å². The third-order valence-electron chi connectivity index (χ3n) is 4.40. The van der Waals surface area contributed by atoms with E-state index in [2.05, 4.69) is 10.3 Å². The molecule has 0 saturated carbocycles. The summed E-state index contributed by atoms with van der Waals surface area (Å²) in [5.74, 6) is -0.517. The lowest BCUT2D eigenvalue weighted by Gasteiger charge is -2.19. The van der Waals surface area contributed by atoms with Crippen molar-refractivity contribution in [3.63, 3.8) is 0 Å². The maximum absolute atomic E-state index is 12.6. The number of urea groups is 1. The first-order chi connectivity index (χ1) is 14.5. The molecule has 2 aromatic carbocycles. The number of aliphatic carboxylic acids is 1. The van der Waals surface area contributed by atoms with Crippen molar-refractivity contribution in [2.24, 2.45) is 0 Å². The van der Waals surface area contributed by atoms with E-state index in [1.54, 1.807) is 19.2 Å². The molecular weight excluding hydrogens is 382 g/mol. The number of nitrogens with one attached hydrogen (secondary N) is 1. The molecule has 0 radical (unpaired) electrons. The fraction of sp³-hybridized carbons (Fsp3) is 0.0870. The highest BCUT2D eigenvalue weighted by molar-refractivity contribution is 6.01. The highest BCUT2D eigenvalue weighted by Crippen LogP contribution is 2.25. The number of anilines is 2. The van der Waals surface area contributed by atoms with Gasteiger partial charge in [-0.1, -0.05) is 36.4 Å². The molecule has 0 unspecified atom stereocenters. The van der Waals surface area contributed by atoms with E-state index < -0.39 is 5.97 Å². The number of hydrogen-bond acceptors (Lipinski definition) is 4. The average Bonchev–Trinajstić information content (AvgIpc) is 2.78. The Kier molecular flexibility index (Phi) is 6.44. The summed E-state index contributed by atoms with van der Waals surface area (Å²) in [6.45, 7) is 0. The monoisotopic (exact) mass is 403 g/mol. The van der Waals surface area contributed by atoms with Gasteiger partial charge >= 0.3 is 12.0 Å². The number of amides is 2. The number of aromatic nitrogens is 1.